The highest BCUT2D eigenvalue weighted by molar-refractivity contribution is 7.09. The first-order valence-electron chi connectivity index (χ1n) is 4.78. The Kier molecular flexibility index (Phi) is 2.18. The lowest BCUT2D eigenvalue weighted by atomic mass is 10.2. The fraction of sp³-hybridized carbons (Fsp3) is 0.500. The summed E-state index contributed by atoms with van der Waals surface area (Å²) in [6.45, 7) is 1.02. The van der Waals surface area contributed by atoms with Crippen LogP contribution in [0.3, 0.4) is 0 Å². The number of hydrogen-bond donors (Lipinski definition) is 1. The van der Waals surface area contributed by atoms with E-state index in [0.717, 1.165) is 30.1 Å². The molecule has 3 rings (SSSR count). The first-order chi connectivity index (χ1) is 7.43. The van der Waals surface area contributed by atoms with Crippen LogP contribution in [-0.4, -0.2) is 26.3 Å². The van der Waals surface area contributed by atoms with Crippen molar-refractivity contribution in [3.8, 4) is 10.8 Å². The summed E-state index contributed by atoms with van der Waals surface area (Å²) in [4.78, 5) is 5.14. The van der Waals surface area contributed by atoms with Crippen LogP contribution in [0.25, 0.3) is 10.8 Å². The molecule has 2 aromatic rings. The van der Waals surface area contributed by atoms with Crippen molar-refractivity contribution in [3.63, 3.8) is 0 Å². The van der Waals surface area contributed by atoms with Gasteiger partial charge in [0.05, 0.1) is 12.2 Å². The van der Waals surface area contributed by atoms with Gasteiger partial charge in [-0.2, -0.15) is 4.98 Å². The first-order valence-corrected chi connectivity index (χ1v) is 5.55. The highest BCUT2D eigenvalue weighted by atomic mass is 32.1. The molecule has 15 heavy (non-hydrogen) atoms. The van der Waals surface area contributed by atoms with Gasteiger partial charge in [-0.3, -0.25) is 0 Å². The normalized spacial score (nSPS) is 20.9. The Labute approximate surface area is 89.9 Å². The second-order valence-corrected chi connectivity index (χ2v) is 4.17. The van der Waals surface area contributed by atoms with Crippen molar-refractivity contribution >= 4 is 11.5 Å². The van der Waals surface area contributed by atoms with E-state index in [2.05, 4.69) is 25.0 Å². The number of aromatic nitrogens is 4. The van der Waals surface area contributed by atoms with Crippen molar-refractivity contribution in [2.24, 2.45) is 0 Å². The van der Waals surface area contributed by atoms with Gasteiger partial charge in [0.25, 0.3) is 5.89 Å². The maximum absolute atomic E-state index is 5.15. The standard InChI is InChI=1S/C8H9N5OS/c1-2-5(9-3-1)7-11-8(14-12-7)6-4-10-13-15-6/h4-5,9H,1-3H2. The molecular weight excluding hydrogens is 214 g/mol. The molecule has 0 aliphatic carbocycles. The Bertz CT molecular complexity index is 434. The number of hydrogen-bond acceptors (Lipinski definition) is 7. The van der Waals surface area contributed by atoms with Crippen LogP contribution in [0.1, 0.15) is 24.7 Å². The van der Waals surface area contributed by atoms with Crippen molar-refractivity contribution in [2.75, 3.05) is 6.54 Å². The molecule has 0 bridgehead atoms. The third kappa shape index (κ3) is 1.64. The Balaban J connectivity index is 1.87. The quantitative estimate of drug-likeness (QED) is 0.818. The summed E-state index contributed by atoms with van der Waals surface area (Å²) in [6.07, 6.45) is 3.86. The Morgan fingerprint density at radius 1 is 1.53 bits per heavy atom. The third-order valence-corrected chi connectivity index (χ3v) is 3.04. The van der Waals surface area contributed by atoms with Crippen LogP contribution in [0.2, 0.25) is 0 Å². The predicted octanol–water partition coefficient (Wildman–Crippen LogP) is 1.01. The van der Waals surface area contributed by atoms with E-state index in [1.54, 1.807) is 6.20 Å². The van der Waals surface area contributed by atoms with E-state index in [-0.39, 0.29) is 6.04 Å². The van der Waals surface area contributed by atoms with Gasteiger partial charge in [-0.15, -0.1) is 5.10 Å². The molecule has 1 atom stereocenters. The molecule has 0 spiro atoms. The lowest BCUT2D eigenvalue weighted by Crippen LogP contribution is -2.14. The smallest absolute Gasteiger partial charge is 0.271 e. The molecule has 1 aliphatic rings. The van der Waals surface area contributed by atoms with Crippen molar-refractivity contribution in [2.45, 2.75) is 18.9 Å². The summed E-state index contributed by atoms with van der Waals surface area (Å²) >= 11 is 1.25. The van der Waals surface area contributed by atoms with E-state index < -0.39 is 0 Å². The van der Waals surface area contributed by atoms with Gasteiger partial charge in [-0.05, 0) is 30.9 Å². The lowest BCUT2D eigenvalue weighted by molar-refractivity contribution is 0.413. The van der Waals surface area contributed by atoms with E-state index >= 15 is 0 Å². The summed E-state index contributed by atoms with van der Waals surface area (Å²) in [6, 6.07) is 0.239. The Hall–Kier alpha value is -1.34. The molecule has 1 N–H and O–H groups in total. The molecule has 0 radical (unpaired) electrons. The van der Waals surface area contributed by atoms with Crippen LogP contribution >= 0.6 is 11.5 Å². The molecule has 6 nitrogen and oxygen atoms in total. The second-order valence-electron chi connectivity index (χ2n) is 3.39. The van der Waals surface area contributed by atoms with Gasteiger partial charge in [-0.25, -0.2) is 0 Å². The maximum Gasteiger partial charge on any atom is 0.271 e. The minimum absolute atomic E-state index is 0.239. The van der Waals surface area contributed by atoms with E-state index in [1.165, 1.54) is 11.5 Å². The summed E-state index contributed by atoms with van der Waals surface area (Å²) in [5.74, 6) is 1.24. The van der Waals surface area contributed by atoms with E-state index in [0.29, 0.717) is 5.89 Å². The molecule has 78 valence electrons. The molecule has 3 heterocycles. The lowest BCUT2D eigenvalue weighted by Gasteiger charge is -2.01. The van der Waals surface area contributed by atoms with E-state index in [1.807, 2.05) is 0 Å². The molecule has 0 saturated carbocycles. The SMILES string of the molecule is c1nnsc1-c1nc(C2CCCN2)no1. The zero-order valence-corrected chi connectivity index (χ0v) is 8.70. The Morgan fingerprint density at radius 3 is 3.27 bits per heavy atom. The van der Waals surface area contributed by atoms with Crippen LogP contribution in [0, 0.1) is 0 Å². The van der Waals surface area contributed by atoms with Gasteiger partial charge in [0, 0.05) is 0 Å². The second kappa shape index (κ2) is 3.67. The molecular formula is C8H9N5OS. The Morgan fingerprint density at radius 2 is 2.53 bits per heavy atom. The predicted molar refractivity (Wildman–Crippen MR) is 53.2 cm³/mol. The van der Waals surface area contributed by atoms with Gasteiger partial charge in [-0.1, -0.05) is 9.64 Å². The van der Waals surface area contributed by atoms with Crippen LogP contribution in [0.4, 0.5) is 0 Å². The summed E-state index contributed by atoms with van der Waals surface area (Å²) in [5, 5.41) is 11.0. The van der Waals surface area contributed by atoms with Crippen molar-refractivity contribution < 1.29 is 4.52 Å². The third-order valence-electron chi connectivity index (χ3n) is 2.39. The fourth-order valence-electron chi connectivity index (χ4n) is 1.64. The average molecular weight is 223 g/mol. The van der Waals surface area contributed by atoms with E-state index in [9.17, 15) is 0 Å². The topological polar surface area (TPSA) is 76.7 Å². The molecule has 7 heteroatoms. The number of nitrogens with one attached hydrogen (secondary N) is 1. The summed E-state index contributed by atoms with van der Waals surface area (Å²) in [7, 11) is 0. The number of nitrogens with zero attached hydrogens (tertiary/aromatic N) is 4. The zero-order valence-electron chi connectivity index (χ0n) is 7.88. The fourth-order valence-corrected chi connectivity index (χ4v) is 2.08. The van der Waals surface area contributed by atoms with Crippen molar-refractivity contribution in [1.29, 1.82) is 0 Å². The van der Waals surface area contributed by atoms with Gasteiger partial charge >= 0.3 is 0 Å². The molecule has 0 amide bonds. The number of rotatable bonds is 2. The molecule has 1 fully saturated rings. The average Bonchev–Trinajstić information content (AvgIpc) is 3.02. The zero-order chi connectivity index (χ0) is 10.1. The minimum atomic E-state index is 0.239. The molecule has 1 aliphatic heterocycles. The highest BCUT2D eigenvalue weighted by Crippen LogP contribution is 2.24. The minimum Gasteiger partial charge on any atom is -0.333 e. The molecule has 0 aromatic carbocycles. The van der Waals surface area contributed by atoms with Crippen LogP contribution in [-0.2, 0) is 0 Å². The summed E-state index contributed by atoms with van der Waals surface area (Å²) < 4.78 is 8.90. The van der Waals surface area contributed by atoms with Crippen molar-refractivity contribution in [3.05, 3.63) is 12.0 Å². The van der Waals surface area contributed by atoms with Crippen molar-refractivity contribution in [1.82, 2.24) is 25.0 Å². The van der Waals surface area contributed by atoms with Gasteiger partial charge in [0.1, 0.15) is 4.88 Å². The van der Waals surface area contributed by atoms with Gasteiger partial charge in [0.2, 0.25) is 0 Å². The highest BCUT2D eigenvalue weighted by Gasteiger charge is 2.22. The van der Waals surface area contributed by atoms with Crippen LogP contribution < -0.4 is 5.32 Å². The summed E-state index contributed by atoms with van der Waals surface area (Å²) in [5.41, 5.74) is 0. The molecule has 2 aromatic heterocycles. The largest absolute Gasteiger partial charge is 0.333 e. The molecule has 1 saturated heterocycles. The van der Waals surface area contributed by atoms with Crippen LogP contribution in [0.5, 0.6) is 0 Å². The van der Waals surface area contributed by atoms with Crippen LogP contribution in [0.15, 0.2) is 10.7 Å². The van der Waals surface area contributed by atoms with Gasteiger partial charge < -0.3 is 9.84 Å². The maximum atomic E-state index is 5.15. The first kappa shape index (κ1) is 8.93. The monoisotopic (exact) mass is 223 g/mol. The van der Waals surface area contributed by atoms with E-state index in [4.69, 9.17) is 4.52 Å². The molecule has 1 unspecified atom stereocenters. The van der Waals surface area contributed by atoms with Gasteiger partial charge in [0.15, 0.2) is 5.82 Å².